The van der Waals surface area contributed by atoms with Crippen molar-refractivity contribution in [1.82, 2.24) is 18.9 Å². The van der Waals surface area contributed by atoms with Crippen molar-refractivity contribution in [3.8, 4) is 0 Å². The van der Waals surface area contributed by atoms with E-state index in [1.807, 2.05) is 5.48 Å². The molecule has 0 radical (unpaired) electrons. The van der Waals surface area contributed by atoms with Gasteiger partial charge in [-0.1, -0.05) is 0 Å². The van der Waals surface area contributed by atoms with Gasteiger partial charge in [0.25, 0.3) is 0 Å². The minimum absolute atomic E-state index is 0.140. The van der Waals surface area contributed by atoms with Gasteiger partial charge in [-0.15, -0.1) is 11.8 Å². The van der Waals surface area contributed by atoms with Gasteiger partial charge in [0, 0.05) is 24.4 Å². The summed E-state index contributed by atoms with van der Waals surface area (Å²) >= 11 is 6.62. The van der Waals surface area contributed by atoms with Gasteiger partial charge in [-0.25, -0.2) is 9.38 Å². The van der Waals surface area contributed by atoms with Crippen LogP contribution in [-0.4, -0.2) is 32.1 Å². The third-order valence-electron chi connectivity index (χ3n) is 2.46. The quantitative estimate of drug-likeness (QED) is 0.130. The van der Waals surface area contributed by atoms with Crippen LogP contribution < -0.4 is 15.3 Å². The second kappa shape index (κ2) is 9.52. The summed E-state index contributed by atoms with van der Waals surface area (Å²) in [5.74, 6) is 0.476. The SMILES string of the molecule is NSNCCSc1nsnc1C(=Nc1ccc(F)c(Br)c1)NO. The Morgan fingerprint density at radius 3 is 3.00 bits per heavy atom. The molecule has 0 saturated carbocycles. The number of hydroxylamine groups is 1. The molecule has 0 spiro atoms. The molecule has 124 valence electrons. The lowest BCUT2D eigenvalue weighted by Crippen LogP contribution is -2.21. The predicted molar refractivity (Wildman–Crippen MR) is 95.6 cm³/mol. The maximum absolute atomic E-state index is 13.3. The van der Waals surface area contributed by atoms with Crippen LogP contribution in [0.3, 0.4) is 0 Å². The number of benzene rings is 1. The van der Waals surface area contributed by atoms with Crippen molar-refractivity contribution in [3.05, 3.63) is 34.2 Å². The molecule has 0 saturated heterocycles. The number of halogens is 2. The topological polar surface area (TPSA) is 108 Å². The van der Waals surface area contributed by atoms with Crippen LogP contribution in [0.15, 0.2) is 32.7 Å². The first-order chi connectivity index (χ1) is 11.2. The van der Waals surface area contributed by atoms with E-state index in [9.17, 15) is 9.60 Å². The van der Waals surface area contributed by atoms with Gasteiger partial charge < -0.3 is 0 Å². The maximum atomic E-state index is 13.3. The molecule has 0 amide bonds. The molecule has 2 aromatic rings. The van der Waals surface area contributed by atoms with Gasteiger partial charge in [-0.2, -0.15) is 8.75 Å². The highest BCUT2D eigenvalue weighted by atomic mass is 79.9. The second-order valence-corrected chi connectivity index (χ2v) is 6.94. The average Bonchev–Trinajstić information content (AvgIpc) is 3.01. The Hall–Kier alpha value is -0.760. The molecule has 0 aliphatic carbocycles. The number of aliphatic imine (C=N–C) groups is 1. The summed E-state index contributed by atoms with van der Waals surface area (Å²) < 4.78 is 24.8. The van der Waals surface area contributed by atoms with Crippen LogP contribution in [-0.2, 0) is 0 Å². The van der Waals surface area contributed by atoms with E-state index in [1.54, 1.807) is 0 Å². The van der Waals surface area contributed by atoms with Crippen LogP contribution in [0.25, 0.3) is 0 Å². The van der Waals surface area contributed by atoms with Crippen molar-refractivity contribution >= 4 is 63.1 Å². The Kier molecular flexibility index (Phi) is 7.69. The van der Waals surface area contributed by atoms with Crippen molar-refractivity contribution in [2.75, 3.05) is 12.3 Å². The molecule has 12 heteroatoms. The number of nitrogens with one attached hydrogen (secondary N) is 2. The number of rotatable bonds is 7. The van der Waals surface area contributed by atoms with Gasteiger partial charge in [-0.05, 0) is 34.1 Å². The monoisotopic (exact) mass is 438 g/mol. The van der Waals surface area contributed by atoms with Gasteiger partial charge in [0.1, 0.15) is 10.8 Å². The molecule has 0 bridgehead atoms. The molecule has 1 aromatic heterocycles. The number of thioether (sulfide) groups is 1. The number of amidine groups is 1. The molecule has 23 heavy (non-hydrogen) atoms. The zero-order valence-corrected chi connectivity index (χ0v) is 15.5. The summed E-state index contributed by atoms with van der Waals surface area (Å²) in [6, 6.07) is 4.27. The van der Waals surface area contributed by atoms with E-state index >= 15 is 0 Å². The van der Waals surface area contributed by atoms with E-state index in [2.05, 4.69) is 34.4 Å². The van der Waals surface area contributed by atoms with E-state index in [0.717, 1.165) is 29.6 Å². The fraction of sp³-hybridized carbons (Fsp3) is 0.182. The van der Waals surface area contributed by atoms with E-state index in [1.165, 1.54) is 30.0 Å². The lowest BCUT2D eigenvalue weighted by atomic mass is 10.3. The third-order valence-corrected chi connectivity index (χ3v) is 5.05. The van der Waals surface area contributed by atoms with Crippen molar-refractivity contribution in [2.45, 2.75) is 5.03 Å². The fourth-order valence-electron chi connectivity index (χ4n) is 1.48. The molecule has 0 atom stereocenters. The van der Waals surface area contributed by atoms with Crippen molar-refractivity contribution < 1.29 is 9.60 Å². The van der Waals surface area contributed by atoms with E-state index < -0.39 is 0 Å². The highest BCUT2D eigenvalue weighted by Gasteiger charge is 2.15. The smallest absolute Gasteiger partial charge is 0.180 e. The summed E-state index contributed by atoms with van der Waals surface area (Å²) in [4.78, 5) is 4.24. The molecule has 5 N–H and O–H groups in total. The normalized spacial score (nSPS) is 11.7. The first kappa shape index (κ1) is 18.6. The lowest BCUT2D eigenvalue weighted by molar-refractivity contribution is 0.234. The zero-order valence-electron chi connectivity index (χ0n) is 11.5. The molecule has 0 aliphatic rings. The van der Waals surface area contributed by atoms with Crippen molar-refractivity contribution in [2.24, 2.45) is 10.1 Å². The van der Waals surface area contributed by atoms with E-state index in [0.29, 0.717) is 23.0 Å². The molecule has 0 fully saturated rings. The molecule has 0 aliphatic heterocycles. The molecule has 0 unspecified atom stereocenters. The predicted octanol–water partition coefficient (Wildman–Crippen LogP) is 2.70. The number of nitrogens with two attached hydrogens (primary N) is 1. The van der Waals surface area contributed by atoms with Crippen LogP contribution in [0.1, 0.15) is 5.69 Å². The standard InChI is InChI=1S/C11H12BrFN6OS3/c12-7-5-6(1-2-8(7)13)16-10(17-20)9-11(19-23-18-9)21-4-3-15-22-14/h1-2,5,15,20H,3-4,14H2,(H,16,17). The third kappa shape index (κ3) is 5.38. The minimum atomic E-state index is -0.390. The number of aromatic nitrogens is 2. The average molecular weight is 439 g/mol. The molecular weight excluding hydrogens is 427 g/mol. The molecule has 2 rings (SSSR count). The van der Waals surface area contributed by atoms with Gasteiger partial charge in [-0.3, -0.25) is 20.5 Å². The van der Waals surface area contributed by atoms with Gasteiger partial charge in [0.15, 0.2) is 11.5 Å². The summed E-state index contributed by atoms with van der Waals surface area (Å²) in [7, 11) is 0. The van der Waals surface area contributed by atoms with Crippen LogP contribution in [0.5, 0.6) is 0 Å². The number of hydrogen-bond acceptors (Lipinski definition) is 9. The Morgan fingerprint density at radius 2 is 2.30 bits per heavy atom. The van der Waals surface area contributed by atoms with E-state index in [4.69, 9.17) is 5.14 Å². The number of hydrogen-bond donors (Lipinski definition) is 4. The summed E-state index contributed by atoms with van der Waals surface area (Å²) in [6.45, 7) is 0.687. The lowest BCUT2D eigenvalue weighted by Gasteiger charge is -2.05. The van der Waals surface area contributed by atoms with Gasteiger partial charge in [0.2, 0.25) is 0 Å². The second-order valence-electron chi connectivity index (χ2n) is 3.95. The molecule has 1 aromatic carbocycles. The van der Waals surface area contributed by atoms with E-state index in [-0.39, 0.29) is 16.1 Å². The van der Waals surface area contributed by atoms with Crippen molar-refractivity contribution in [1.29, 1.82) is 0 Å². The Morgan fingerprint density at radius 1 is 1.48 bits per heavy atom. The van der Waals surface area contributed by atoms with Crippen LogP contribution in [0.2, 0.25) is 0 Å². The zero-order chi connectivity index (χ0) is 16.7. The Balaban J connectivity index is 2.18. The summed E-state index contributed by atoms with van der Waals surface area (Å²) in [5, 5.41) is 15.3. The maximum Gasteiger partial charge on any atom is 0.180 e. The van der Waals surface area contributed by atoms with Gasteiger partial charge in [0.05, 0.1) is 21.9 Å². The summed E-state index contributed by atoms with van der Waals surface area (Å²) in [5.41, 5.74) is 2.91. The first-order valence-electron chi connectivity index (χ1n) is 6.14. The molecule has 1 heterocycles. The number of nitrogens with zero attached hydrogens (tertiary/aromatic N) is 3. The minimum Gasteiger partial charge on any atom is -0.290 e. The fourth-order valence-corrected chi connectivity index (χ4v) is 3.70. The Labute approximate surface area is 153 Å². The van der Waals surface area contributed by atoms with Gasteiger partial charge >= 0.3 is 0 Å². The highest BCUT2D eigenvalue weighted by molar-refractivity contribution is 9.10. The van der Waals surface area contributed by atoms with Crippen LogP contribution >= 0.6 is 51.6 Å². The molecule has 7 nitrogen and oxygen atoms in total. The van der Waals surface area contributed by atoms with Crippen molar-refractivity contribution in [3.63, 3.8) is 0 Å². The Bertz CT molecular complexity index is 686. The molecular formula is C11H12BrFN6OS3. The van der Waals surface area contributed by atoms with Crippen LogP contribution in [0, 0.1) is 5.82 Å². The largest absolute Gasteiger partial charge is 0.290 e. The van der Waals surface area contributed by atoms with Crippen LogP contribution in [0.4, 0.5) is 10.1 Å². The highest BCUT2D eigenvalue weighted by Crippen LogP contribution is 2.25. The summed E-state index contributed by atoms with van der Waals surface area (Å²) in [6.07, 6.45) is 0. The first-order valence-corrected chi connectivity index (χ1v) is 9.52.